The largest absolute Gasteiger partial charge is 0.482 e. The fraction of sp³-hybridized carbons (Fsp3) is 0.640. The molecule has 0 bridgehead atoms. The number of carbonyl (C=O) groups is 3. The Bertz CT molecular complexity index is 835. The summed E-state index contributed by atoms with van der Waals surface area (Å²) in [4.78, 5) is 42.2. The number of carbonyl (C=O) groups excluding carboxylic acids is 3. The molecule has 0 N–H and O–H groups in total. The van der Waals surface area contributed by atoms with E-state index < -0.39 is 11.6 Å². The summed E-state index contributed by atoms with van der Waals surface area (Å²) in [6.45, 7) is 9.69. The minimum absolute atomic E-state index is 0.114. The summed E-state index contributed by atoms with van der Waals surface area (Å²) in [6.07, 6.45) is 1.93. The van der Waals surface area contributed by atoms with Crippen molar-refractivity contribution in [2.45, 2.75) is 45.6 Å². The predicted molar refractivity (Wildman–Crippen MR) is 128 cm³/mol. The second kappa shape index (κ2) is 11.4. The molecule has 2 fully saturated rings. The summed E-state index contributed by atoms with van der Waals surface area (Å²) < 4.78 is 15.4. The third kappa shape index (κ3) is 7.53. The minimum Gasteiger partial charge on any atom is -0.482 e. The molecule has 1 aromatic rings. The Morgan fingerprint density at radius 2 is 1.53 bits per heavy atom. The number of esters is 1. The number of piperazine rings is 1. The van der Waals surface area contributed by atoms with Crippen molar-refractivity contribution in [3.63, 3.8) is 0 Å². The van der Waals surface area contributed by atoms with Gasteiger partial charge in [0.15, 0.2) is 6.61 Å². The first-order valence-corrected chi connectivity index (χ1v) is 11.9. The number of likely N-dealkylation sites (tertiary alicyclic amines) is 1. The molecule has 188 valence electrons. The highest BCUT2D eigenvalue weighted by molar-refractivity contribution is 5.77. The second-order valence-electron chi connectivity index (χ2n) is 9.84. The van der Waals surface area contributed by atoms with Crippen molar-refractivity contribution in [3.8, 4) is 5.75 Å². The first-order valence-electron chi connectivity index (χ1n) is 11.9. The van der Waals surface area contributed by atoms with Crippen LogP contribution in [0.1, 0.15) is 40.0 Å². The van der Waals surface area contributed by atoms with E-state index in [2.05, 4.69) is 9.64 Å². The van der Waals surface area contributed by atoms with Crippen LogP contribution in [-0.2, 0) is 19.1 Å². The molecule has 9 nitrogen and oxygen atoms in total. The van der Waals surface area contributed by atoms with Crippen LogP contribution in [0.4, 0.5) is 10.5 Å². The number of hydrogen-bond acceptors (Lipinski definition) is 7. The van der Waals surface area contributed by atoms with Crippen LogP contribution in [0, 0.1) is 5.92 Å². The Labute approximate surface area is 201 Å². The molecule has 0 spiro atoms. The maximum atomic E-state index is 12.9. The Morgan fingerprint density at radius 1 is 0.912 bits per heavy atom. The molecule has 0 aromatic heterocycles. The van der Waals surface area contributed by atoms with Crippen LogP contribution in [0.25, 0.3) is 0 Å². The molecule has 0 unspecified atom stereocenters. The normalized spacial score (nSPS) is 17.4. The number of rotatable bonds is 6. The third-order valence-corrected chi connectivity index (χ3v) is 6.15. The van der Waals surface area contributed by atoms with E-state index in [-0.39, 0.29) is 18.6 Å². The Balaban J connectivity index is 1.39. The number of piperidine rings is 1. The molecule has 2 saturated heterocycles. The van der Waals surface area contributed by atoms with Gasteiger partial charge >= 0.3 is 12.1 Å². The fourth-order valence-electron chi connectivity index (χ4n) is 4.19. The van der Waals surface area contributed by atoms with Crippen molar-refractivity contribution >= 4 is 23.7 Å². The van der Waals surface area contributed by atoms with Crippen molar-refractivity contribution in [1.29, 1.82) is 0 Å². The van der Waals surface area contributed by atoms with Gasteiger partial charge in [0, 0.05) is 51.4 Å². The van der Waals surface area contributed by atoms with Crippen molar-refractivity contribution < 1.29 is 28.6 Å². The van der Waals surface area contributed by atoms with Crippen molar-refractivity contribution in [3.05, 3.63) is 24.3 Å². The Hall–Kier alpha value is -2.97. The van der Waals surface area contributed by atoms with E-state index in [0.717, 1.165) is 31.6 Å². The lowest BCUT2D eigenvalue weighted by Crippen LogP contribution is -2.49. The van der Waals surface area contributed by atoms with Crippen molar-refractivity contribution in [2.24, 2.45) is 5.92 Å². The number of anilines is 1. The molecule has 0 atom stereocenters. The van der Waals surface area contributed by atoms with Gasteiger partial charge in [0.25, 0.3) is 0 Å². The molecule has 9 heteroatoms. The molecule has 2 heterocycles. The molecular weight excluding hydrogens is 438 g/mol. The molecule has 0 radical (unpaired) electrons. The quantitative estimate of drug-likeness (QED) is 0.585. The number of amides is 2. The lowest BCUT2D eigenvalue weighted by molar-refractivity contribution is -0.143. The van der Waals surface area contributed by atoms with E-state index in [1.165, 1.54) is 7.11 Å². The molecule has 2 aliphatic heterocycles. The maximum Gasteiger partial charge on any atom is 0.410 e. The molecule has 34 heavy (non-hydrogen) atoms. The van der Waals surface area contributed by atoms with Gasteiger partial charge < -0.3 is 28.9 Å². The van der Waals surface area contributed by atoms with Crippen LogP contribution < -0.4 is 9.64 Å². The lowest BCUT2D eigenvalue weighted by atomic mass is 9.93. The van der Waals surface area contributed by atoms with Gasteiger partial charge in [-0.2, -0.15) is 0 Å². The SMILES string of the molecule is COC(=O)COc1ccc(N2CCN(C(=O)CC3CCN(C(=O)OC(C)(C)C)CC3)CC2)cc1. The fourth-order valence-corrected chi connectivity index (χ4v) is 4.19. The first-order chi connectivity index (χ1) is 16.1. The monoisotopic (exact) mass is 475 g/mol. The highest BCUT2D eigenvalue weighted by Crippen LogP contribution is 2.25. The van der Waals surface area contributed by atoms with Crippen LogP contribution in [0.2, 0.25) is 0 Å². The average Bonchev–Trinajstić information content (AvgIpc) is 2.82. The van der Waals surface area contributed by atoms with E-state index >= 15 is 0 Å². The van der Waals surface area contributed by atoms with E-state index in [9.17, 15) is 14.4 Å². The average molecular weight is 476 g/mol. The molecule has 2 aliphatic rings. The lowest BCUT2D eigenvalue weighted by Gasteiger charge is -2.37. The van der Waals surface area contributed by atoms with E-state index in [1.54, 1.807) is 4.90 Å². The van der Waals surface area contributed by atoms with Gasteiger partial charge in [-0.1, -0.05) is 0 Å². The molecule has 2 amide bonds. The zero-order valence-electron chi connectivity index (χ0n) is 20.7. The summed E-state index contributed by atoms with van der Waals surface area (Å²) in [7, 11) is 1.33. The molecule has 0 saturated carbocycles. The number of methoxy groups -OCH3 is 1. The zero-order chi connectivity index (χ0) is 24.7. The van der Waals surface area contributed by atoms with Crippen LogP contribution in [0.5, 0.6) is 5.75 Å². The van der Waals surface area contributed by atoms with E-state index in [4.69, 9.17) is 9.47 Å². The van der Waals surface area contributed by atoms with Gasteiger partial charge in [-0.3, -0.25) is 4.79 Å². The number of ether oxygens (including phenoxy) is 3. The second-order valence-corrected chi connectivity index (χ2v) is 9.84. The van der Waals surface area contributed by atoms with Crippen LogP contribution in [-0.4, -0.2) is 86.4 Å². The maximum absolute atomic E-state index is 12.9. The summed E-state index contributed by atoms with van der Waals surface area (Å²) in [5, 5.41) is 0. The van der Waals surface area contributed by atoms with Crippen molar-refractivity contribution in [2.75, 3.05) is 57.9 Å². The summed E-state index contributed by atoms with van der Waals surface area (Å²) in [6, 6.07) is 7.59. The summed E-state index contributed by atoms with van der Waals surface area (Å²) in [5.41, 5.74) is 0.568. The van der Waals surface area contributed by atoms with Gasteiger partial charge in [-0.25, -0.2) is 9.59 Å². The summed E-state index contributed by atoms with van der Waals surface area (Å²) >= 11 is 0. The van der Waals surface area contributed by atoms with Gasteiger partial charge in [-0.05, 0) is 63.8 Å². The van der Waals surface area contributed by atoms with Gasteiger partial charge in [-0.15, -0.1) is 0 Å². The van der Waals surface area contributed by atoms with E-state index in [0.29, 0.717) is 44.3 Å². The topological polar surface area (TPSA) is 88.6 Å². The van der Waals surface area contributed by atoms with Crippen LogP contribution in [0.15, 0.2) is 24.3 Å². The molecule has 0 aliphatic carbocycles. The number of benzene rings is 1. The minimum atomic E-state index is -0.494. The Kier molecular flexibility index (Phi) is 8.63. The van der Waals surface area contributed by atoms with Gasteiger partial charge in [0.05, 0.1) is 7.11 Å². The summed E-state index contributed by atoms with van der Waals surface area (Å²) in [5.74, 6) is 0.697. The highest BCUT2D eigenvalue weighted by atomic mass is 16.6. The predicted octanol–water partition coefficient (Wildman–Crippen LogP) is 2.92. The highest BCUT2D eigenvalue weighted by Gasteiger charge is 2.29. The molecule has 1 aromatic carbocycles. The van der Waals surface area contributed by atoms with Gasteiger partial charge in [0.1, 0.15) is 11.4 Å². The van der Waals surface area contributed by atoms with Crippen molar-refractivity contribution in [1.82, 2.24) is 9.80 Å². The van der Waals surface area contributed by atoms with Crippen LogP contribution in [0.3, 0.4) is 0 Å². The Morgan fingerprint density at radius 3 is 2.09 bits per heavy atom. The molecular formula is C25H37N3O6. The van der Waals surface area contributed by atoms with E-state index in [1.807, 2.05) is 49.9 Å². The van der Waals surface area contributed by atoms with Gasteiger partial charge in [0.2, 0.25) is 5.91 Å². The zero-order valence-corrected chi connectivity index (χ0v) is 20.7. The number of nitrogens with zero attached hydrogens (tertiary/aromatic N) is 3. The molecule has 3 rings (SSSR count). The standard InChI is InChI=1S/C25H37N3O6/c1-25(2,3)34-24(31)28-11-9-19(10-12-28)17-22(29)27-15-13-26(14-16-27)20-5-7-21(8-6-20)33-18-23(30)32-4/h5-8,19H,9-18H2,1-4H3. The third-order valence-electron chi connectivity index (χ3n) is 6.15. The van der Waals surface area contributed by atoms with Crippen LogP contribution >= 0.6 is 0 Å². The smallest absolute Gasteiger partial charge is 0.410 e. The first kappa shape index (κ1) is 25.6. The number of hydrogen-bond donors (Lipinski definition) is 0.